The summed E-state index contributed by atoms with van der Waals surface area (Å²) >= 11 is 0. The molecule has 0 radical (unpaired) electrons. The molecule has 0 atom stereocenters. The van der Waals surface area contributed by atoms with Crippen molar-refractivity contribution in [2.24, 2.45) is 5.92 Å². The second-order valence-electron chi connectivity index (χ2n) is 6.37. The average molecular weight is 311 g/mol. The molecule has 0 saturated heterocycles. The van der Waals surface area contributed by atoms with E-state index in [1.165, 1.54) is 11.1 Å². The van der Waals surface area contributed by atoms with Crippen LogP contribution in [0.5, 0.6) is 0 Å². The molecule has 1 amide bonds. The lowest BCUT2D eigenvalue weighted by molar-refractivity contribution is 0.0947. The molecule has 0 unspecified atom stereocenters. The molecule has 0 aliphatic carbocycles. The number of nitrogens with zero attached hydrogens (tertiary/aromatic N) is 1. The normalized spacial score (nSPS) is 10.7. The first-order valence-electron chi connectivity index (χ1n) is 8.03. The van der Waals surface area contributed by atoms with Crippen LogP contribution in [0.15, 0.2) is 36.5 Å². The molecule has 0 aliphatic rings. The van der Waals surface area contributed by atoms with Crippen LogP contribution in [-0.4, -0.2) is 17.4 Å². The Morgan fingerprint density at radius 2 is 1.78 bits per heavy atom. The van der Waals surface area contributed by atoms with Crippen LogP contribution >= 0.6 is 0 Å². The number of carbonyl (C=O) groups excluding carboxylic acids is 1. The Labute approximate surface area is 138 Å². The Balaban J connectivity index is 1.97. The van der Waals surface area contributed by atoms with E-state index >= 15 is 0 Å². The van der Waals surface area contributed by atoms with E-state index in [0.717, 1.165) is 17.8 Å². The number of carbonyl (C=O) groups is 1. The standard InChI is InChI=1S/C19H25N3O/c1-13(2)7-8-20-19(23)18-6-5-16(12-21-18)22-17-10-14(3)9-15(4)11-17/h5-6,9-13,22H,7-8H2,1-4H3,(H,20,23). The van der Waals surface area contributed by atoms with Crippen molar-refractivity contribution in [2.45, 2.75) is 34.1 Å². The second-order valence-corrected chi connectivity index (χ2v) is 6.37. The zero-order chi connectivity index (χ0) is 16.8. The largest absolute Gasteiger partial charge is 0.354 e. The lowest BCUT2D eigenvalue weighted by Gasteiger charge is -2.10. The van der Waals surface area contributed by atoms with Crippen LogP contribution in [0.4, 0.5) is 11.4 Å². The van der Waals surface area contributed by atoms with Crippen LogP contribution in [0.1, 0.15) is 41.9 Å². The van der Waals surface area contributed by atoms with Crippen molar-refractivity contribution in [3.05, 3.63) is 53.3 Å². The van der Waals surface area contributed by atoms with Gasteiger partial charge in [0.25, 0.3) is 5.91 Å². The molecule has 1 aromatic carbocycles. The Bertz CT molecular complexity index is 643. The lowest BCUT2D eigenvalue weighted by Crippen LogP contribution is -2.26. The maximum absolute atomic E-state index is 12.0. The van der Waals surface area contributed by atoms with Crippen molar-refractivity contribution in [1.29, 1.82) is 0 Å². The van der Waals surface area contributed by atoms with Crippen LogP contribution in [0.3, 0.4) is 0 Å². The van der Waals surface area contributed by atoms with Gasteiger partial charge in [0.2, 0.25) is 0 Å². The van der Waals surface area contributed by atoms with E-state index in [1.54, 1.807) is 12.3 Å². The molecule has 2 rings (SSSR count). The summed E-state index contributed by atoms with van der Waals surface area (Å²) in [5.74, 6) is 0.455. The predicted octanol–water partition coefficient (Wildman–Crippen LogP) is 4.22. The summed E-state index contributed by atoms with van der Waals surface area (Å²) in [6, 6.07) is 9.92. The molecular formula is C19H25N3O. The minimum Gasteiger partial charge on any atom is -0.354 e. The number of amides is 1. The van der Waals surface area contributed by atoms with E-state index < -0.39 is 0 Å². The molecule has 0 saturated carbocycles. The van der Waals surface area contributed by atoms with Crippen LogP contribution < -0.4 is 10.6 Å². The number of aromatic nitrogens is 1. The van der Waals surface area contributed by atoms with Gasteiger partial charge in [-0.05, 0) is 61.6 Å². The molecule has 2 aromatic rings. The third-order valence-corrected chi connectivity index (χ3v) is 3.51. The molecule has 0 bridgehead atoms. The van der Waals surface area contributed by atoms with Gasteiger partial charge in [-0.1, -0.05) is 19.9 Å². The van der Waals surface area contributed by atoms with Crippen LogP contribution in [-0.2, 0) is 0 Å². The first kappa shape index (κ1) is 17.0. The van der Waals surface area contributed by atoms with Gasteiger partial charge in [0, 0.05) is 12.2 Å². The molecule has 1 heterocycles. The summed E-state index contributed by atoms with van der Waals surface area (Å²) in [7, 11) is 0. The van der Waals surface area contributed by atoms with Gasteiger partial charge in [0.1, 0.15) is 5.69 Å². The van der Waals surface area contributed by atoms with Gasteiger partial charge in [-0.2, -0.15) is 0 Å². The van der Waals surface area contributed by atoms with E-state index in [4.69, 9.17) is 0 Å². The number of pyridine rings is 1. The summed E-state index contributed by atoms with van der Waals surface area (Å²) in [6.07, 6.45) is 2.66. The molecule has 23 heavy (non-hydrogen) atoms. The number of hydrogen-bond donors (Lipinski definition) is 2. The highest BCUT2D eigenvalue weighted by Gasteiger charge is 2.07. The first-order valence-corrected chi connectivity index (χ1v) is 8.03. The van der Waals surface area contributed by atoms with Crippen molar-refractivity contribution in [3.8, 4) is 0 Å². The topological polar surface area (TPSA) is 54.0 Å². The van der Waals surface area contributed by atoms with Crippen molar-refractivity contribution in [1.82, 2.24) is 10.3 Å². The van der Waals surface area contributed by atoms with Crippen molar-refractivity contribution in [2.75, 3.05) is 11.9 Å². The minimum atomic E-state index is -0.122. The lowest BCUT2D eigenvalue weighted by atomic mass is 10.1. The molecule has 0 fully saturated rings. The summed E-state index contributed by atoms with van der Waals surface area (Å²) in [5, 5.41) is 6.21. The van der Waals surface area contributed by atoms with Gasteiger partial charge >= 0.3 is 0 Å². The van der Waals surface area contributed by atoms with Crippen LogP contribution in [0.25, 0.3) is 0 Å². The number of anilines is 2. The molecule has 0 spiro atoms. The molecule has 2 N–H and O–H groups in total. The molecule has 4 heteroatoms. The summed E-state index contributed by atoms with van der Waals surface area (Å²) in [6.45, 7) is 9.10. The van der Waals surface area contributed by atoms with Gasteiger partial charge in [0.05, 0.1) is 11.9 Å². The van der Waals surface area contributed by atoms with Gasteiger partial charge in [-0.3, -0.25) is 4.79 Å². The summed E-state index contributed by atoms with van der Waals surface area (Å²) in [5.41, 5.74) is 4.76. The van der Waals surface area contributed by atoms with E-state index in [-0.39, 0.29) is 5.91 Å². The SMILES string of the molecule is Cc1cc(C)cc(Nc2ccc(C(=O)NCCC(C)C)nc2)c1. The third kappa shape index (κ3) is 5.40. The summed E-state index contributed by atoms with van der Waals surface area (Å²) in [4.78, 5) is 16.2. The number of benzene rings is 1. The summed E-state index contributed by atoms with van der Waals surface area (Å²) < 4.78 is 0. The maximum Gasteiger partial charge on any atom is 0.269 e. The second kappa shape index (κ2) is 7.77. The van der Waals surface area contributed by atoms with Gasteiger partial charge < -0.3 is 10.6 Å². The molecule has 1 aromatic heterocycles. The van der Waals surface area contributed by atoms with E-state index in [2.05, 4.69) is 61.5 Å². The van der Waals surface area contributed by atoms with Crippen LogP contribution in [0, 0.1) is 19.8 Å². The highest BCUT2D eigenvalue weighted by molar-refractivity contribution is 5.92. The molecule has 0 aliphatic heterocycles. The zero-order valence-corrected chi connectivity index (χ0v) is 14.3. The molecule has 122 valence electrons. The third-order valence-electron chi connectivity index (χ3n) is 3.51. The first-order chi connectivity index (χ1) is 10.9. The van der Waals surface area contributed by atoms with E-state index in [0.29, 0.717) is 18.2 Å². The number of nitrogens with one attached hydrogen (secondary N) is 2. The quantitative estimate of drug-likeness (QED) is 0.840. The van der Waals surface area contributed by atoms with Gasteiger partial charge in [-0.15, -0.1) is 0 Å². The Morgan fingerprint density at radius 1 is 1.09 bits per heavy atom. The van der Waals surface area contributed by atoms with E-state index in [1.807, 2.05) is 6.07 Å². The maximum atomic E-state index is 12.0. The van der Waals surface area contributed by atoms with Gasteiger partial charge in [-0.25, -0.2) is 4.98 Å². The van der Waals surface area contributed by atoms with E-state index in [9.17, 15) is 4.79 Å². The predicted molar refractivity (Wildman–Crippen MR) is 95.2 cm³/mol. The van der Waals surface area contributed by atoms with Crippen molar-refractivity contribution >= 4 is 17.3 Å². The fraction of sp³-hybridized carbons (Fsp3) is 0.368. The Morgan fingerprint density at radius 3 is 2.35 bits per heavy atom. The minimum absolute atomic E-state index is 0.122. The Kier molecular flexibility index (Phi) is 5.74. The number of hydrogen-bond acceptors (Lipinski definition) is 3. The average Bonchev–Trinajstić information content (AvgIpc) is 2.46. The van der Waals surface area contributed by atoms with Crippen molar-refractivity contribution in [3.63, 3.8) is 0 Å². The van der Waals surface area contributed by atoms with Gasteiger partial charge in [0.15, 0.2) is 0 Å². The van der Waals surface area contributed by atoms with Crippen LogP contribution in [0.2, 0.25) is 0 Å². The zero-order valence-electron chi connectivity index (χ0n) is 14.3. The fourth-order valence-electron chi connectivity index (χ4n) is 2.38. The fourth-order valence-corrected chi connectivity index (χ4v) is 2.38. The molecular weight excluding hydrogens is 286 g/mol. The monoisotopic (exact) mass is 311 g/mol. The highest BCUT2D eigenvalue weighted by atomic mass is 16.1. The highest BCUT2D eigenvalue weighted by Crippen LogP contribution is 2.19. The van der Waals surface area contributed by atoms with Crippen molar-refractivity contribution < 1.29 is 4.79 Å². The number of rotatable bonds is 6. The smallest absolute Gasteiger partial charge is 0.269 e. The Hall–Kier alpha value is -2.36. The molecule has 4 nitrogen and oxygen atoms in total. The number of aryl methyl sites for hydroxylation is 2.